The lowest BCUT2D eigenvalue weighted by molar-refractivity contribution is 0.219. The molecule has 0 aromatic heterocycles. The molecule has 0 heterocycles. The molecular weight excluding hydrogens is 292 g/mol. The normalized spacial score (nSPS) is 10.0. The van der Waals surface area contributed by atoms with Crippen molar-refractivity contribution in [3.63, 3.8) is 0 Å². The standard InChI is InChI=1S/C18H22N2O3/c1-3-22-16-6-4-5-7-17(16)23-13-20-18(21)19-12-15-10-8-14(2)9-11-15/h4-11H,3,12-13H2,1-2H3,(H2,19,20,21). The largest absolute Gasteiger partial charge is 0.490 e. The average Bonchev–Trinajstić information content (AvgIpc) is 2.56. The maximum absolute atomic E-state index is 11.8. The van der Waals surface area contributed by atoms with Crippen molar-refractivity contribution in [2.24, 2.45) is 0 Å². The van der Waals surface area contributed by atoms with Crippen molar-refractivity contribution >= 4 is 6.03 Å². The summed E-state index contributed by atoms with van der Waals surface area (Å²) < 4.78 is 11.0. The minimum Gasteiger partial charge on any atom is -0.490 e. The SMILES string of the molecule is CCOc1ccccc1OCNC(=O)NCc1ccc(C)cc1. The predicted octanol–water partition coefficient (Wildman–Crippen LogP) is 3.23. The Morgan fingerprint density at radius 2 is 1.61 bits per heavy atom. The van der Waals surface area contributed by atoms with Gasteiger partial charge in [-0.3, -0.25) is 0 Å². The zero-order valence-corrected chi connectivity index (χ0v) is 13.5. The predicted molar refractivity (Wildman–Crippen MR) is 89.7 cm³/mol. The first-order valence-electron chi connectivity index (χ1n) is 7.61. The Kier molecular flexibility index (Phi) is 6.29. The summed E-state index contributed by atoms with van der Waals surface area (Å²) in [5.41, 5.74) is 2.24. The van der Waals surface area contributed by atoms with E-state index < -0.39 is 0 Å². The molecule has 23 heavy (non-hydrogen) atoms. The number of para-hydroxylation sites is 2. The van der Waals surface area contributed by atoms with E-state index in [9.17, 15) is 4.79 Å². The molecule has 2 aromatic rings. The van der Waals surface area contributed by atoms with Crippen LogP contribution in [0.2, 0.25) is 0 Å². The Balaban J connectivity index is 1.73. The molecule has 0 atom stereocenters. The highest BCUT2D eigenvalue weighted by Crippen LogP contribution is 2.25. The van der Waals surface area contributed by atoms with Crippen LogP contribution in [0.5, 0.6) is 11.5 Å². The van der Waals surface area contributed by atoms with E-state index in [2.05, 4.69) is 10.6 Å². The Morgan fingerprint density at radius 3 is 2.26 bits per heavy atom. The quantitative estimate of drug-likeness (QED) is 0.771. The fourth-order valence-electron chi connectivity index (χ4n) is 1.97. The zero-order valence-electron chi connectivity index (χ0n) is 13.5. The fraction of sp³-hybridized carbons (Fsp3) is 0.278. The van der Waals surface area contributed by atoms with Gasteiger partial charge in [-0.15, -0.1) is 0 Å². The third-order valence-electron chi connectivity index (χ3n) is 3.18. The number of aryl methyl sites for hydroxylation is 1. The Hall–Kier alpha value is -2.69. The highest BCUT2D eigenvalue weighted by Gasteiger charge is 2.04. The maximum Gasteiger partial charge on any atom is 0.317 e. The summed E-state index contributed by atoms with van der Waals surface area (Å²) in [5.74, 6) is 1.27. The number of rotatable bonds is 7. The lowest BCUT2D eigenvalue weighted by Crippen LogP contribution is -2.37. The number of carbonyl (C=O) groups excluding carboxylic acids is 1. The van der Waals surface area contributed by atoms with Crippen LogP contribution in [0.25, 0.3) is 0 Å². The molecule has 0 aliphatic rings. The van der Waals surface area contributed by atoms with E-state index in [0.29, 0.717) is 24.7 Å². The summed E-state index contributed by atoms with van der Waals surface area (Å²) in [4.78, 5) is 11.8. The van der Waals surface area contributed by atoms with Crippen LogP contribution >= 0.6 is 0 Å². The first kappa shape index (κ1) is 16.7. The van der Waals surface area contributed by atoms with E-state index in [0.717, 1.165) is 5.56 Å². The van der Waals surface area contributed by atoms with Crippen LogP contribution in [0.3, 0.4) is 0 Å². The molecule has 0 saturated carbocycles. The maximum atomic E-state index is 11.8. The Labute approximate surface area is 136 Å². The molecule has 0 fully saturated rings. The number of ether oxygens (including phenoxy) is 2. The lowest BCUT2D eigenvalue weighted by atomic mass is 10.1. The Bertz CT molecular complexity index is 626. The van der Waals surface area contributed by atoms with Crippen molar-refractivity contribution in [3.05, 3.63) is 59.7 Å². The molecule has 122 valence electrons. The molecule has 2 amide bonds. The summed E-state index contributed by atoms with van der Waals surface area (Å²) in [6, 6.07) is 15.1. The number of hydrogen-bond donors (Lipinski definition) is 2. The molecule has 2 N–H and O–H groups in total. The second kappa shape index (κ2) is 8.68. The Morgan fingerprint density at radius 1 is 0.957 bits per heavy atom. The van der Waals surface area contributed by atoms with E-state index in [1.165, 1.54) is 5.56 Å². The number of urea groups is 1. The first-order chi connectivity index (χ1) is 11.2. The van der Waals surface area contributed by atoms with Gasteiger partial charge in [-0.2, -0.15) is 0 Å². The number of hydrogen-bond acceptors (Lipinski definition) is 3. The van der Waals surface area contributed by atoms with Crippen LogP contribution < -0.4 is 20.1 Å². The van der Waals surface area contributed by atoms with Crippen LogP contribution in [-0.2, 0) is 6.54 Å². The fourth-order valence-corrected chi connectivity index (χ4v) is 1.97. The number of amides is 2. The topological polar surface area (TPSA) is 59.6 Å². The summed E-state index contributed by atoms with van der Waals surface area (Å²) in [6.07, 6.45) is 0. The van der Waals surface area contributed by atoms with Gasteiger partial charge in [-0.05, 0) is 31.5 Å². The third kappa shape index (κ3) is 5.54. The number of benzene rings is 2. The van der Waals surface area contributed by atoms with Crippen LogP contribution in [0.15, 0.2) is 48.5 Å². The van der Waals surface area contributed by atoms with E-state index in [4.69, 9.17) is 9.47 Å². The molecule has 0 unspecified atom stereocenters. The first-order valence-corrected chi connectivity index (χ1v) is 7.61. The molecule has 2 aromatic carbocycles. The summed E-state index contributed by atoms with van der Waals surface area (Å²) in [7, 11) is 0. The highest BCUT2D eigenvalue weighted by molar-refractivity contribution is 5.73. The van der Waals surface area contributed by atoms with Gasteiger partial charge in [0.2, 0.25) is 0 Å². The average molecular weight is 314 g/mol. The molecule has 0 radical (unpaired) electrons. The molecule has 0 spiro atoms. The molecule has 0 saturated heterocycles. The van der Waals surface area contributed by atoms with E-state index in [-0.39, 0.29) is 12.8 Å². The molecule has 2 rings (SSSR count). The molecular formula is C18H22N2O3. The van der Waals surface area contributed by atoms with Gasteiger partial charge in [0.15, 0.2) is 18.2 Å². The smallest absolute Gasteiger partial charge is 0.317 e. The number of nitrogens with one attached hydrogen (secondary N) is 2. The van der Waals surface area contributed by atoms with Crippen LogP contribution in [-0.4, -0.2) is 19.4 Å². The zero-order chi connectivity index (χ0) is 16.5. The second-order valence-corrected chi connectivity index (χ2v) is 5.01. The van der Waals surface area contributed by atoms with Gasteiger partial charge in [0.1, 0.15) is 0 Å². The molecule has 5 heteroatoms. The van der Waals surface area contributed by atoms with Crippen LogP contribution in [0, 0.1) is 6.92 Å². The van der Waals surface area contributed by atoms with E-state index in [1.807, 2.05) is 56.3 Å². The van der Waals surface area contributed by atoms with E-state index in [1.54, 1.807) is 6.07 Å². The number of carbonyl (C=O) groups is 1. The van der Waals surface area contributed by atoms with Gasteiger partial charge in [0.25, 0.3) is 0 Å². The van der Waals surface area contributed by atoms with Gasteiger partial charge in [-0.1, -0.05) is 42.0 Å². The van der Waals surface area contributed by atoms with Crippen molar-refractivity contribution in [1.29, 1.82) is 0 Å². The molecule has 0 aliphatic heterocycles. The van der Waals surface area contributed by atoms with E-state index >= 15 is 0 Å². The minimum absolute atomic E-state index is 0.0732. The van der Waals surface area contributed by atoms with Crippen LogP contribution in [0.4, 0.5) is 4.79 Å². The molecule has 0 aliphatic carbocycles. The highest BCUT2D eigenvalue weighted by atomic mass is 16.5. The van der Waals surface area contributed by atoms with Gasteiger partial charge in [-0.25, -0.2) is 4.79 Å². The summed E-state index contributed by atoms with van der Waals surface area (Å²) in [6.45, 7) is 5.05. The van der Waals surface area contributed by atoms with Crippen molar-refractivity contribution in [1.82, 2.24) is 10.6 Å². The van der Waals surface area contributed by atoms with Gasteiger partial charge < -0.3 is 20.1 Å². The second-order valence-electron chi connectivity index (χ2n) is 5.01. The van der Waals surface area contributed by atoms with Crippen molar-refractivity contribution in [3.8, 4) is 11.5 Å². The van der Waals surface area contributed by atoms with Crippen molar-refractivity contribution in [2.45, 2.75) is 20.4 Å². The van der Waals surface area contributed by atoms with Gasteiger partial charge in [0.05, 0.1) is 6.61 Å². The van der Waals surface area contributed by atoms with Gasteiger partial charge in [0, 0.05) is 6.54 Å². The van der Waals surface area contributed by atoms with Crippen molar-refractivity contribution in [2.75, 3.05) is 13.3 Å². The third-order valence-corrected chi connectivity index (χ3v) is 3.18. The van der Waals surface area contributed by atoms with Crippen molar-refractivity contribution < 1.29 is 14.3 Å². The van der Waals surface area contributed by atoms with Gasteiger partial charge >= 0.3 is 6.03 Å². The summed E-state index contributed by atoms with van der Waals surface area (Å²) >= 11 is 0. The lowest BCUT2D eigenvalue weighted by Gasteiger charge is -2.12. The van der Waals surface area contributed by atoms with Crippen LogP contribution in [0.1, 0.15) is 18.1 Å². The molecule has 0 bridgehead atoms. The minimum atomic E-state index is -0.278. The molecule has 5 nitrogen and oxygen atoms in total. The summed E-state index contributed by atoms with van der Waals surface area (Å²) in [5, 5.41) is 5.44. The monoisotopic (exact) mass is 314 g/mol.